The number of hydrogen-bond donors (Lipinski definition) is 0. The number of benzene rings is 1. The molecule has 3 rings (SSSR count). The third-order valence-electron chi connectivity index (χ3n) is 7.17. The molecule has 2 fully saturated rings. The lowest BCUT2D eigenvalue weighted by molar-refractivity contribution is -0.157. The summed E-state index contributed by atoms with van der Waals surface area (Å²) in [6.45, 7) is 2.85. The maximum absolute atomic E-state index is 14.1. The molecule has 0 unspecified atom stereocenters. The van der Waals surface area contributed by atoms with Crippen molar-refractivity contribution in [2.24, 2.45) is 5.92 Å². The van der Waals surface area contributed by atoms with Gasteiger partial charge in [0.2, 0.25) is 0 Å². The molecule has 1 aromatic carbocycles. The Balaban J connectivity index is 1.29. The monoisotopic (exact) mass is 445 g/mol. The summed E-state index contributed by atoms with van der Waals surface area (Å²) < 4.78 is 25.6. The molecule has 2 aliphatic carbocycles. The molecule has 0 aliphatic heterocycles. The molecule has 0 saturated heterocycles. The van der Waals surface area contributed by atoms with Crippen molar-refractivity contribution in [1.82, 2.24) is 0 Å². The van der Waals surface area contributed by atoms with E-state index in [-0.39, 0.29) is 6.10 Å². The predicted molar refractivity (Wildman–Crippen MR) is 128 cm³/mol. The highest BCUT2D eigenvalue weighted by atomic mass is 19.1. The molecule has 1 aromatic rings. The van der Waals surface area contributed by atoms with Gasteiger partial charge < -0.3 is 9.47 Å². The van der Waals surface area contributed by atoms with Gasteiger partial charge in [-0.15, -0.1) is 0 Å². The van der Waals surface area contributed by atoms with Gasteiger partial charge in [-0.25, -0.2) is 9.18 Å². The van der Waals surface area contributed by atoms with E-state index >= 15 is 0 Å². The molecule has 0 bridgehead atoms. The normalized spacial score (nSPS) is 22.9. The average molecular weight is 446 g/mol. The second-order valence-electron chi connectivity index (χ2n) is 9.77. The number of hydrogen-bond acceptors (Lipinski definition) is 3. The minimum absolute atomic E-state index is 0.135. The molecule has 1 atom stereocenters. The first kappa shape index (κ1) is 25.1. The lowest BCUT2D eigenvalue weighted by Crippen LogP contribution is -2.30. The molecule has 0 amide bonds. The van der Waals surface area contributed by atoms with E-state index < -0.39 is 12.1 Å². The first-order valence-corrected chi connectivity index (χ1v) is 13.0. The van der Waals surface area contributed by atoms with Gasteiger partial charge in [0.15, 0.2) is 6.17 Å². The number of ether oxygens (including phenoxy) is 2. The Labute approximate surface area is 194 Å². The van der Waals surface area contributed by atoms with Gasteiger partial charge >= 0.3 is 5.97 Å². The maximum Gasteiger partial charge on any atom is 0.340 e. The van der Waals surface area contributed by atoms with Crippen LogP contribution in [0.2, 0.25) is 0 Å². The summed E-state index contributed by atoms with van der Waals surface area (Å²) >= 11 is 0. The van der Waals surface area contributed by atoms with Crippen LogP contribution in [0.15, 0.2) is 24.3 Å². The van der Waals surface area contributed by atoms with Gasteiger partial charge in [0, 0.05) is 0 Å². The fraction of sp³-hybridized carbons (Fsp3) is 0.714. The van der Waals surface area contributed by atoms with E-state index in [1.807, 2.05) is 0 Å². The summed E-state index contributed by atoms with van der Waals surface area (Å²) in [6, 6.07) is 8.65. The average Bonchev–Trinajstić information content (AvgIpc) is 2.84. The van der Waals surface area contributed by atoms with Crippen molar-refractivity contribution in [2.75, 3.05) is 6.61 Å². The highest BCUT2D eigenvalue weighted by Crippen LogP contribution is 2.33. The van der Waals surface area contributed by atoms with Crippen LogP contribution in [0.1, 0.15) is 108 Å². The lowest BCUT2D eigenvalue weighted by Gasteiger charge is -2.28. The summed E-state index contributed by atoms with van der Waals surface area (Å²) in [4.78, 5) is 12.0. The van der Waals surface area contributed by atoms with Gasteiger partial charge in [0.05, 0.1) is 6.61 Å². The molecule has 0 spiro atoms. The van der Waals surface area contributed by atoms with E-state index in [0.717, 1.165) is 50.7 Å². The topological polar surface area (TPSA) is 35.5 Å². The van der Waals surface area contributed by atoms with E-state index in [0.29, 0.717) is 24.9 Å². The Morgan fingerprint density at radius 1 is 0.969 bits per heavy atom. The van der Waals surface area contributed by atoms with E-state index in [2.05, 4.69) is 37.6 Å². The first-order chi connectivity index (χ1) is 15.7. The molecule has 2 saturated carbocycles. The maximum atomic E-state index is 14.1. The van der Waals surface area contributed by atoms with E-state index in [1.165, 1.54) is 44.1 Å². The van der Waals surface area contributed by atoms with Crippen molar-refractivity contribution in [3.63, 3.8) is 0 Å². The van der Waals surface area contributed by atoms with E-state index in [1.54, 1.807) is 0 Å². The van der Waals surface area contributed by atoms with Crippen molar-refractivity contribution in [3.8, 4) is 5.75 Å². The Morgan fingerprint density at radius 2 is 1.66 bits per heavy atom. The van der Waals surface area contributed by atoms with Crippen LogP contribution in [0, 0.1) is 12.3 Å². The smallest absolute Gasteiger partial charge is 0.340 e. The zero-order valence-electron chi connectivity index (χ0n) is 19.9. The second-order valence-corrected chi connectivity index (χ2v) is 9.77. The molecule has 0 aromatic heterocycles. The zero-order valence-corrected chi connectivity index (χ0v) is 19.9. The fourth-order valence-corrected chi connectivity index (χ4v) is 5.01. The fourth-order valence-electron chi connectivity index (χ4n) is 5.01. The van der Waals surface area contributed by atoms with Crippen LogP contribution >= 0.6 is 0 Å². The molecule has 2 aliphatic rings. The van der Waals surface area contributed by atoms with Crippen molar-refractivity contribution in [1.29, 1.82) is 0 Å². The SMILES string of the molecule is CCCCCCC[C@@H](F)C(=O)OC1CCC(COc2ccc(C3CC[CH]CC3)cc2)CC1. The van der Waals surface area contributed by atoms with Crippen LogP contribution in [0.5, 0.6) is 5.75 Å². The zero-order chi connectivity index (χ0) is 22.6. The van der Waals surface area contributed by atoms with Crippen LogP contribution in [-0.4, -0.2) is 24.9 Å². The molecule has 4 heteroatoms. The number of carbonyl (C=O) groups is 1. The van der Waals surface area contributed by atoms with Gasteiger partial charge in [0.25, 0.3) is 0 Å². The van der Waals surface area contributed by atoms with Crippen LogP contribution in [-0.2, 0) is 9.53 Å². The van der Waals surface area contributed by atoms with Gasteiger partial charge in [-0.2, -0.15) is 0 Å². The van der Waals surface area contributed by atoms with Crippen LogP contribution in [0.25, 0.3) is 0 Å². The number of unbranched alkanes of at least 4 members (excludes halogenated alkanes) is 4. The number of rotatable bonds is 12. The summed E-state index contributed by atoms with van der Waals surface area (Å²) in [7, 11) is 0. The Hall–Kier alpha value is -1.58. The van der Waals surface area contributed by atoms with E-state index in [9.17, 15) is 9.18 Å². The second kappa shape index (κ2) is 13.9. The highest BCUT2D eigenvalue weighted by Gasteiger charge is 2.27. The predicted octanol–water partition coefficient (Wildman–Crippen LogP) is 7.73. The number of halogens is 1. The summed E-state index contributed by atoms with van der Waals surface area (Å²) in [5, 5.41) is 0. The van der Waals surface area contributed by atoms with Gasteiger partial charge in [-0.05, 0) is 100 Å². The summed E-state index contributed by atoms with van der Waals surface area (Å²) in [5.74, 6) is 1.44. The van der Waals surface area contributed by atoms with Crippen LogP contribution in [0.3, 0.4) is 0 Å². The van der Waals surface area contributed by atoms with Gasteiger partial charge in [-0.3, -0.25) is 0 Å². The minimum Gasteiger partial charge on any atom is -0.493 e. The minimum atomic E-state index is -1.47. The molecule has 3 nitrogen and oxygen atoms in total. The van der Waals surface area contributed by atoms with Crippen molar-refractivity contribution >= 4 is 5.97 Å². The highest BCUT2D eigenvalue weighted by molar-refractivity contribution is 5.74. The summed E-state index contributed by atoms with van der Waals surface area (Å²) in [6.07, 6.45) is 14.8. The molecule has 179 valence electrons. The van der Waals surface area contributed by atoms with Gasteiger partial charge in [0.1, 0.15) is 11.9 Å². The third kappa shape index (κ3) is 8.41. The Kier molecular flexibility index (Phi) is 10.8. The molecular formula is C28H42FO3. The number of alkyl halides is 1. The third-order valence-corrected chi connectivity index (χ3v) is 7.17. The largest absolute Gasteiger partial charge is 0.493 e. The first-order valence-electron chi connectivity index (χ1n) is 13.0. The number of carbonyl (C=O) groups excluding carboxylic acids is 1. The molecule has 0 heterocycles. The number of esters is 1. The van der Waals surface area contributed by atoms with Crippen molar-refractivity contribution in [2.45, 2.75) is 115 Å². The van der Waals surface area contributed by atoms with Crippen molar-refractivity contribution in [3.05, 3.63) is 36.2 Å². The molecule has 32 heavy (non-hydrogen) atoms. The van der Waals surface area contributed by atoms with Crippen molar-refractivity contribution < 1.29 is 18.7 Å². The Bertz CT molecular complexity index is 645. The van der Waals surface area contributed by atoms with E-state index in [4.69, 9.17) is 9.47 Å². The summed E-state index contributed by atoms with van der Waals surface area (Å²) in [5.41, 5.74) is 1.43. The molecule has 0 N–H and O–H groups in total. The van der Waals surface area contributed by atoms with Gasteiger partial charge in [-0.1, -0.05) is 44.7 Å². The quantitative estimate of drug-likeness (QED) is 0.244. The van der Waals surface area contributed by atoms with Crippen LogP contribution < -0.4 is 4.74 Å². The standard InChI is InChI=1S/C28H42FO3/c1-2-3-4-5-9-12-27(29)28(30)32-26-17-13-22(14-18-26)21-31-25-19-15-24(16-20-25)23-10-7-6-8-11-23/h6,15-16,19-20,22-23,26-27H,2-5,7-14,17-18,21H2,1H3/t22?,26?,27-/m1/s1. The Morgan fingerprint density at radius 3 is 2.34 bits per heavy atom. The lowest BCUT2D eigenvalue weighted by atomic mass is 9.84. The van der Waals surface area contributed by atoms with Crippen LogP contribution in [0.4, 0.5) is 4.39 Å². The molecular weight excluding hydrogens is 403 g/mol. The molecule has 1 radical (unpaired) electrons.